The number of carbonyl (C=O) groups is 3. The standard InChI is InChI=1S/C20H22N2O6/c1-26-19(24)21-13-15-6-5-7-16(12-15)14-22-20(25)28-11-10-27-18(23)17-8-3-2-4-9-17/h2-9,12H,10-11,13-14H2,1H3,(H,21,24)(H,22,25). The van der Waals surface area contributed by atoms with Crippen LogP contribution in [0, 0.1) is 0 Å². The highest BCUT2D eigenvalue weighted by Crippen LogP contribution is 2.05. The number of rotatable bonds is 8. The van der Waals surface area contributed by atoms with Crippen LogP contribution in [0.2, 0.25) is 0 Å². The number of hydrogen-bond acceptors (Lipinski definition) is 6. The van der Waals surface area contributed by atoms with Crippen molar-refractivity contribution in [2.75, 3.05) is 20.3 Å². The first-order valence-corrected chi connectivity index (χ1v) is 8.61. The summed E-state index contributed by atoms with van der Waals surface area (Å²) in [5.41, 5.74) is 2.15. The van der Waals surface area contributed by atoms with E-state index in [-0.39, 0.29) is 19.8 Å². The van der Waals surface area contributed by atoms with Crippen LogP contribution in [0.5, 0.6) is 0 Å². The predicted octanol–water partition coefficient (Wildman–Crippen LogP) is 2.63. The quantitative estimate of drug-likeness (QED) is 0.411. The summed E-state index contributed by atoms with van der Waals surface area (Å²) < 4.78 is 14.5. The zero-order chi connectivity index (χ0) is 20.2. The minimum Gasteiger partial charge on any atom is -0.458 e. The first-order chi connectivity index (χ1) is 13.6. The van der Waals surface area contributed by atoms with Crippen LogP contribution in [0.3, 0.4) is 0 Å². The second-order valence-electron chi connectivity index (χ2n) is 5.66. The topological polar surface area (TPSA) is 103 Å². The summed E-state index contributed by atoms with van der Waals surface area (Å²) >= 11 is 0. The van der Waals surface area contributed by atoms with Crippen molar-refractivity contribution in [2.24, 2.45) is 0 Å². The highest BCUT2D eigenvalue weighted by molar-refractivity contribution is 5.89. The second-order valence-corrected chi connectivity index (χ2v) is 5.66. The monoisotopic (exact) mass is 386 g/mol. The Kier molecular flexibility index (Phi) is 8.32. The van der Waals surface area contributed by atoms with Gasteiger partial charge in [-0.15, -0.1) is 0 Å². The third-order valence-corrected chi connectivity index (χ3v) is 3.61. The van der Waals surface area contributed by atoms with Crippen LogP contribution < -0.4 is 10.6 Å². The second kappa shape index (κ2) is 11.2. The van der Waals surface area contributed by atoms with Crippen LogP contribution in [0.15, 0.2) is 54.6 Å². The molecule has 2 aromatic carbocycles. The van der Waals surface area contributed by atoms with Crippen molar-refractivity contribution in [3.63, 3.8) is 0 Å². The minimum absolute atomic E-state index is 0.0319. The smallest absolute Gasteiger partial charge is 0.407 e. The van der Waals surface area contributed by atoms with E-state index in [1.165, 1.54) is 7.11 Å². The molecular weight excluding hydrogens is 364 g/mol. The zero-order valence-corrected chi connectivity index (χ0v) is 15.5. The zero-order valence-electron chi connectivity index (χ0n) is 15.5. The van der Waals surface area contributed by atoms with Crippen LogP contribution in [0.1, 0.15) is 21.5 Å². The Labute approximate surface area is 162 Å². The van der Waals surface area contributed by atoms with Gasteiger partial charge in [0, 0.05) is 13.1 Å². The van der Waals surface area contributed by atoms with E-state index in [1.54, 1.807) is 30.3 Å². The van der Waals surface area contributed by atoms with Crippen LogP contribution in [0.4, 0.5) is 9.59 Å². The lowest BCUT2D eigenvalue weighted by atomic mass is 10.1. The Hall–Kier alpha value is -3.55. The summed E-state index contributed by atoms with van der Waals surface area (Å²) in [6, 6.07) is 15.9. The van der Waals surface area contributed by atoms with Gasteiger partial charge in [0.1, 0.15) is 13.2 Å². The molecule has 8 heteroatoms. The maximum absolute atomic E-state index is 11.7. The molecule has 0 atom stereocenters. The first kappa shape index (κ1) is 20.8. The molecule has 2 amide bonds. The molecule has 0 saturated heterocycles. The van der Waals surface area contributed by atoms with Gasteiger partial charge < -0.3 is 24.8 Å². The molecule has 0 spiro atoms. The molecule has 0 fully saturated rings. The molecule has 0 aliphatic carbocycles. The minimum atomic E-state index is -0.617. The van der Waals surface area contributed by atoms with Gasteiger partial charge in [-0.3, -0.25) is 0 Å². The highest BCUT2D eigenvalue weighted by Gasteiger charge is 2.07. The molecular formula is C20H22N2O6. The Bertz CT molecular complexity index is 794. The third-order valence-electron chi connectivity index (χ3n) is 3.61. The Balaban J connectivity index is 1.65. The molecule has 0 unspecified atom stereocenters. The van der Waals surface area contributed by atoms with Gasteiger partial charge >= 0.3 is 18.2 Å². The van der Waals surface area contributed by atoms with Crippen LogP contribution in [-0.4, -0.2) is 38.5 Å². The number of methoxy groups -OCH3 is 1. The van der Waals surface area contributed by atoms with E-state index in [2.05, 4.69) is 15.4 Å². The summed E-state index contributed by atoms with van der Waals surface area (Å²) in [4.78, 5) is 34.6. The number of ether oxygens (including phenoxy) is 3. The number of hydrogen-bond donors (Lipinski definition) is 2. The molecule has 28 heavy (non-hydrogen) atoms. The molecule has 8 nitrogen and oxygen atoms in total. The molecule has 0 aliphatic rings. The van der Waals surface area contributed by atoms with Gasteiger partial charge in [-0.25, -0.2) is 14.4 Å². The summed E-state index contributed by atoms with van der Waals surface area (Å²) in [5.74, 6) is -0.470. The lowest BCUT2D eigenvalue weighted by Crippen LogP contribution is -2.26. The number of amides is 2. The normalized spacial score (nSPS) is 9.89. The van der Waals surface area contributed by atoms with Gasteiger partial charge in [-0.05, 0) is 23.3 Å². The van der Waals surface area contributed by atoms with E-state index in [0.717, 1.165) is 11.1 Å². The fourth-order valence-corrected chi connectivity index (χ4v) is 2.25. The van der Waals surface area contributed by atoms with E-state index in [9.17, 15) is 14.4 Å². The third kappa shape index (κ3) is 7.36. The molecule has 0 aromatic heterocycles. The van der Waals surface area contributed by atoms with Gasteiger partial charge in [-0.2, -0.15) is 0 Å². The maximum Gasteiger partial charge on any atom is 0.407 e. The van der Waals surface area contributed by atoms with Gasteiger partial charge in [0.25, 0.3) is 0 Å². The summed E-state index contributed by atoms with van der Waals surface area (Å²) in [6.07, 6.45) is -1.13. The van der Waals surface area contributed by atoms with E-state index < -0.39 is 18.2 Å². The van der Waals surface area contributed by atoms with Crippen molar-refractivity contribution in [2.45, 2.75) is 13.1 Å². The van der Waals surface area contributed by atoms with E-state index >= 15 is 0 Å². The Morgan fingerprint density at radius 3 is 2.04 bits per heavy atom. The van der Waals surface area contributed by atoms with E-state index in [0.29, 0.717) is 12.1 Å². The van der Waals surface area contributed by atoms with Crippen molar-refractivity contribution < 1.29 is 28.6 Å². The average molecular weight is 386 g/mol. The molecule has 2 aromatic rings. The lowest BCUT2D eigenvalue weighted by molar-refractivity contribution is 0.0400. The Morgan fingerprint density at radius 1 is 0.786 bits per heavy atom. The maximum atomic E-state index is 11.7. The lowest BCUT2D eigenvalue weighted by Gasteiger charge is -2.09. The molecule has 148 valence electrons. The summed E-state index contributed by atoms with van der Waals surface area (Å²) in [5, 5.41) is 5.19. The average Bonchev–Trinajstić information content (AvgIpc) is 2.74. The predicted molar refractivity (Wildman–Crippen MR) is 101 cm³/mol. The van der Waals surface area contributed by atoms with Gasteiger partial charge in [-0.1, -0.05) is 42.5 Å². The van der Waals surface area contributed by atoms with Crippen molar-refractivity contribution >= 4 is 18.2 Å². The Morgan fingerprint density at radius 2 is 1.39 bits per heavy atom. The fraction of sp³-hybridized carbons (Fsp3) is 0.250. The molecule has 0 aliphatic heterocycles. The van der Waals surface area contributed by atoms with Crippen molar-refractivity contribution in [1.82, 2.24) is 10.6 Å². The highest BCUT2D eigenvalue weighted by atomic mass is 16.6. The van der Waals surface area contributed by atoms with Crippen LogP contribution in [0.25, 0.3) is 0 Å². The fourth-order valence-electron chi connectivity index (χ4n) is 2.25. The largest absolute Gasteiger partial charge is 0.458 e. The molecule has 0 bridgehead atoms. The summed E-state index contributed by atoms with van der Waals surface area (Å²) in [7, 11) is 1.30. The van der Waals surface area contributed by atoms with Crippen molar-refractivity contribution in [3.8, 4) is 0 Å². The van der Waals surface area contributed by atoms with Crippen molar-refractivity contribution in [3.05, 3.63) is 71.3 Å². The van der Waals surface area contributed by atoms with E-state index in [4.69, 9.17) is 9.47 Å². The number of carbonyl (C=O) groups excluding carboxylic acids is 3. The number of nitrogens with one attached hydrogen (secondary N) is 2. The first-order valence-electron chi connectivity index (χ1n) is 8.61. The van der Waals surface area contributed by atoms with E-state index in [1.807, 2.05) is 24.3 Å². The van der Waals surface area contributed by atoms with Gasteiger partial charge in [0.05, 0.1) is 12.7 Å². The number of benzene rings is 2. The molecule has 0 saturated carbocycles. The molecule has 0 heterocycles. The molecule has 0 radical (unpaired) electrons. The number of esters is 1. The molecule has 2 N–H and O–H groups in total. The SMILES string of the molecule is COC(=O)NCc1cccc(CNC(=O)OCCOC(=O)c2ccccc2)c1. The van der Waals surface area contributed by atoms with Gasteiger partial charge in [0.2, 0.25) is 0 Å². The molecule has 2 rings (SSSR count). The van der Waals surface area contributed by atoms with Crippen molar-refractivity contribution in [1.29, 1.82) is 0 Å². The van der Waals surface area contributed by atoms with Crippen LogP contribution >= 0.6 is 0 Å². The van der Waals surface area contributed by atoms with Gasteiger partial charge in [0.15, 0.2) is 0 Å². The summed E-state index contributed by atoms with van der Waals surface area (Å²) in [6.45, 7) is 0.496. The number of alkyl carbamates (subject to hydrolysis) is 2. The van der Waals surface area contributed by atoms with Crippen LogP contribution in [-0.2, 0) is 27.3 Å².